The Bertz CT molecular complexity index is 1650. The third-order valence-corrected chi connectivity index (χ3v) is 7.67. The molecule has 1 fully saturated rings. The summed E-state index contributed by atoms with van der Waals surface area (Å²) in [5.74, 6) is -0.437. The summed E-state index contributed by atoms with van der Waals surface area (Å²) in [6, 6.07) is 12.1. The van der Waals surface area contributed by atoms with Crippen LogP contribution in [0.1, 0.15) is 53.9 Å². The molecular formula is C29H29ClF2N6O4. The molecule has 1 aromatic carbocycles. The van der Waals surface area contributed by atoms with Crippen molar-refractivity contribution in [1.82, 2.24) is 24.4 Å². The minimum atomic E-state index is -2.89. The van der Waals surface area contributed by atoms with Gasteiger partial charge in [-0.15, -0.1) is 0 Å². The predicted molar refractivity (Wildman–Crippen MR) is 152 cm³/mol. The average molecular weight is 599 g/mol. The first-order chi connectivity index (χ1) is 20.2. The number of carbonyl (C=O) groups is 2. The van der Waals surface area contributed by atoms with Crippen LogP contribution >= 0.6 is 11.6 Å². The molecule has 0 radical (unpaired) electrons. The van der Waals surface area contributed by atoms with Crippen molar-refractivity contribution in [2.24, 2.45) is 11.7 Å². The van der Waals surface area contributed by atoms with Crippen LogP contribution in [-0.2, 0) is 17.7 Å². The van der Waals surface area contributed by atoms with Crippen molar-refractivity contribution < 1.29 is 23.1 Å². The van der Waals surface area contributed by atoms with E-state index >= 15 is 0 Å². The summed E-state index contributed by atoms with van der Waals surface area (Å²) in [6.45, 7) is 0.609. The molecule has 0 spiro atoms. The number of alkyl halides is 2. The van der Waals surface area contributed by atoms with Crippen molar-refractivity contribution in [1.29, 1.82) is 0 Å². The molecule has 5 rings (SSSR count). The standard InChI is InChI=1S/C29H29ClF2N6O4/c30-18-13-22(25(26(31)32)35-14-18)27(39)36-20-7-5-17(6-8-20)16-37-23-3-1-2-4-24(23)38(29(37)41)21-10-9-19(34-15-21)11-12-42-28(33)40/h1-4,9-10,13-15,17,20,26H,5-8,11-12,16H2,(H2,33,40)(H,36,39). The third kappa shape index (κ3) is 6.43. The molecule has 3 aromatic heterocycles. The second kappa shape index (κ2) is 12.7. The SMILES string of the molecule is NC(=O)OCCc1ccc(-n2c(=O)n(CC3CCC(NC(=O)c4cc(Cl)cnc4C(F)F)CC3)c3ccccc32)cn1. The van der Waals surface area contributed by atoms with Crippen molar-refractivity contribution in [2.75, 3.05) is 6.61 Å². The molecule has 13 heteroatoms. The van der Waals surface area contributed by atoms with E-state index in [1.165, 1.54) is 6.07 Å². The molecule has 3 N–H and O–H groups in total. The predicted octanol–water partition coefficient (Wildman–Crippen LogP) is 4.80. The maximum atomic E-state index is 13.7. The zero-order valence-corrected chi connectivity index (χ0v) is 23.3. The normalized spacial score (nSPS) is 17.0. The molecule has 0 bridgehead atoms. The minimum absolute atomic E-state index is 0.111. The molecule has 1 aliphatic carbocycles. The fraction of sp³-hybridized carbons (Fsp3) is 0.345. The first-order valence-electron chi connectivity index (χ1n) is 13.5. The number of nitrogens with zero attached hydrogens (tertiary/aromatic N) is 4. The van der Waals surface area contributed by atoms with Crippen LogP contribution in [0.5, 0.6) is 0 Å². The van der Waals surface area contributed by atoms with Crippen LogP contribution in [0.25, 0.3) is 16.7 Å². The minimum Gasteiger partial charge on any atom is -0.449 e. The molecule has 3 heterocycles. The molecule has 1 saturated carbocycles. The van der Waals surface area contributed by atoms with Gasteiger partial charge in [0.2, 0.25) is 0 Å². The van der Waals surface area contributed by atoms with Gasteiger partial charge in [-0.05, 0) is 61.9 Å². The van der Waals surface area contributed by atoms with Gasteiger partial charge in [0.25, 0.3) is 12.3 Å². The molecule has 220 valence electrons. The van der Waals surface area contributed by atoms with Gasteiger partial charge in [0.1, 0.15) is 5.69 Å². The van der Waals surface area contributed by atoms with Gasteiger partial charge < -0.3 is 15.8 Å². The van der Waals surface area contributed by atoms with Gasteiger partial charge in [-0.25, -0.2) is 18.4 Å². The maximum Gasteiger partial charge on any atom is 0.404 e. The number of benzene rings is 1. The zero-order chi connectivity index (χ0) is 29.8. The zero-order valence-electron chi connectivity index (χ0n) is 22.5. The van der Waals surface area contributed by atoms with Crippen LogP contribution in [0, 0.1) is 5.92 Å². The molecule has 10 nitrogen and oxygen atoms in total. The number of para-hydroxylation sites is 2. The first kappa shape index (κ1) is 29.2. The van der Waals surface area contributed by atoms with Gasteiger partial charge in [-0.2, -0.15) is 0 Å². The maximum absolute atomic E-state index is 13.7. The number of nitrogens with two attached hydrogens (primary N) is 1. The molecule has 42 heavy (non-hydrogen) atoms. The summed E-state index contributed by atoms with van der Waals surface area (Å²) in [7, 11) is 0. The second-order valence-electron chi connectivity index (χ2n) is 10.2. The number of primary amides is 1. The summed E-state index contributed by atoms with van der Waals surface area (Å²) in [5, 5.41) is 2.96. The number of fused-ring (bicyclic) bond motifs is 1. The van der Waals surface area contributed by atoms with Gasteiger partial charge in [0.05, 0.1) is 40.1 Å². The Labute approximate surface area is 244 Å². The molecule has 0 aliphatic heterocycles. The summed E-state index contributed by atoms with van der Waals surface area (Å²) in [5.41, 5.74) is 6.84. The van der Waals surface area contributed by atoms with Crippen LogP contribution in [0.4, 0.5) is 13.6 Å². The van der Waals surface area contributed by atoms with Crippen LogP contribution in [-0.4, -0.2) is 43.8 Å². The van der Waals surface area contributed by atoms with E-state index < -0.39 is 24.1 Å². The van der Waals surface area contributed by atoms with Crippen LogP contribution in [0.2, 0.25) is 5.02 Å². The van der Waals surface area contributed by atoms with E-state index in [0.29, 0.717) is 37.2 Å². The molecule has 0 atom stereocenters. The monoisotopic (exact) mass is 598 g/mol. The van der Waals surface area contributed by atoms with Crippen molar-refractivity contribution in [3.63, 3.8) is 0 Å². The number of rotatable bonds is 9. The van der Waals surface area contributed by atoms with Gasteiger partial charge >= 0.3 is 11.8 Å². The van der Waals surface area contributed by atoms with E-state index in [9.17, 15) is 23.2 Å². The van der Waals surface area contributed by atoms with Gasteiger partial charge in [-0.3, -0.25) is 23.9 Å². The number of pyridine rings is 2. The number of aromatic nitrogens is 4. The Morgan fingerprint density at radius 2 is 1.81 bits per heavy atom. The lowest BCUT2D eigenvalue weighted by Gasteiger charge is -2.29. The van der Waals surface area contributed by atoms with E-state index in [0.717, 1.165) is 30.1 Å². The molecule has 1 aliphatic rings. The Balaban J connectivity index is 1.27. The highest BCUT2D eigenvalue weighted by atomic mass is 35.5. The van der Waals surface area contributed by atoms with Crippen molar-refractivity contribution in [2.45, 2.75) is 51.1 Å². The number of nitrogens with one attached hydrogen (secondary N) is 1. The van der Waals surface area contributed by atoms with E-state index in [-0.39, 0.29) is 34.8 Å². The van der Waals surface area contributed by atoms with Gasteiger partial charge in [0, 0.05) is 30.9 Å². The molecular weight excluding hydrogens is 570 g/mol. The van der Waals surface area contributed by atoms with Gasteiger partial charge in [-0.1, -0.05) is 23.7 Å². The summed E-state index contributed by atoms with van der Waals surface area (Å²) in [4.78, 5) is 45.3. The Morgan fingerprint density at radius 3 is 2.48 bits per heavy atom. The lowest BCUT2D eigenvalue weighted by atomic mass is 9.85. The Morgan fingerprint density at radius 1 is 1.07 bits per heavy atom. The van der Waals surface area contributed by atoms with Crippen molar-refractivity contribution in [3.8, 4) is 5.69 Å². The quantitative estimate of drug-likeness (QED) is 0.284. The number of hydrogen-bond donors (Lipinski definition) is 2. The number of hydrogen-bond acceptors (Lipinski definition) is 6. The fourth-order valence-electron chi connectivity index (χ4n) is 5.40. The number of imidazole rings is 1. The van der Waals surface area contributed by atoms with E-state index in [1.54, 1.807) is 27.5 Å². The Hall–Kier alpha value is -4.32. The topological polar surface area (TPSA) is 134 Å². The highest BCUT2D eigenvalue weighted by molar-refractivity contribution is 6.30. The average Bonchev–Trinajstić information content (AvgIpc) is 3.24. The largest absolute Gasteiger partial charge is 0.449 e. The first-order valence-corrected chi connectivity index (χ1v) is 13.9. The number of ether oxygens (including phenoxy) is 1. The summed E-state index contributed by atoms with van der Waals surface area (Å²) >= 11 is 5.90. The summed E-state index contributed by atoms with van der Waals surface area (Å²) in [6.07, 6.45) is 2.15. The van der Waals surface area contributed by atoms with E-state index in [2.05, 4.69) is 15.3 Å². The van der Waals surface area contributed by atoms with Crippen molar-refractivity contribution >= 4 is 34.6 Å². The lowest BCUT2D eigenvalue weighted by Crippen LogP contribution is -2.39. The third-order valence-electron chi connectivity index (χ3n) is 7.46. The number of carbonyl (C=O) groups excluding carboxylic acids is 2. The van der Waals surface area contributed by atoms with Crippen LogP contribution < -0.4 is 16.7 Å². The lowest BCUT2D eigenvalue weighted by molar-refractivity contribution is 0.0904. The number of halogens is 3. The highest BCUT2D eigenvalue weighted by Gasteiger charge is 2.27. The highest BCUT2D eigenvalue weighted by Crippen LogP contribution is 2.29. The molecule has 4 aromatic rings. The smallest absolute Gasteiger partial charge is 0.404 e. The van der Waals surface area contributed by atoms with E-state index in [4.69, 9.17) is 22.1 Å². The van der Waals surface area contributed by atoms with Crippen LogP contribution in [0.15, 0.2) is 59.7 Å². The van der Waals surface area contributed by atoms with Gasteiger partial charge in [0.15, 0.2) is 0 Å². The fourth-order valence-corrected chi connectivity index (χ4v) is 5.56. The van der Waals surface area contributed by atoms with E-state index in [1.807, 2.05) is 24.3 Å². The summed E-state index contributed by atoms with van der Waals surface area (Å²) < 4.78 is 34.9. The van der Waals surface area contributed by atoms with Crippen molar-refractivity contribution in [3.05, 3.63) is 87.3 Å². The molecule has 0 unspecified atom stereocenters. The molecule has 0 saturated heterocycles. The number of amides is 2. The Kier molecular flexibility index (Phi) is 8.81. The van der Waals surface area contributed by atoms with Crippen LogP contribution in [0.3, 0.4) is 0 Å². The second-order valence-corrected chi connectivity index (χ2v) is 10.7. The molecule has 2 amide bonds.